The average Bonchev–Trinajstić information content (AvgIpc) is 2.21. The highest BCUT2D eigenvalue weighted by Gasteiger charge is 2.42. The van der Waals surface area contributed by atoms with Gasteiger partial charge in [0, 0.05) is 16.3 Å². The van der Waals surface area contributed by atoms with Crippen LogP contribution in [0.25, 0.3) is 0 Å². The molecule has 0 spiro atoms. The normalized spacial score (nSPS) is 17.5. The van der Waals surface area contributed by atoms with Crippen molar-refractivity contribution in [3.05, 3.63) is 34.1 Å². The molecule has 17 heavy (non-hydrogen) atoms. The summed E-state index contributed by atoms with van der Waals surface area (Å²) in [7, 11) is 0. The summed E-state index contributed by atoms with van der Waals surface area (Å²) in [6.07, 6.45) is 0.422. The van der Waals surface area contributed by atoms with Gasteiger partial charge in [-0.2, -0.15) is 0 Å². The van der Waals surface area contributed by atoms with Crippen molar-refractivity contribution in [1.82, 2.24) is 0 Å². The number of carboxylic acid groups (broad SMARTS) is 1. The van der Waals surface area contributed by atoms with Crippen LogP contribution >= 0.6 is 15.9 Å². The van der Waals surface area contributed by atoms with Crippen LogP contribution in [-0.2, 0) is 14.9 Å². The quantitative estimate of drug-likeness (QED) is 0.930. The molecule has 1 heterocycles. The van der Waals surface area contributed by atoms with Crippen LogP contribution in [0.1, 0.15) is 18.4 Å². The molecule has 0 atom stereocenters. The Morgan fingerprint density at radius 2 is 2.24 bits per heavy atom. The van der Waals surface area contributed by atoms with Crippen molar-refractivity contribution in [2.45, 2.75) is 18.3 Å². The summed E-state index contributed by atoms with van der Waals surface area (Å²) in [6.45, 7) is 0.765. The maximum atomic E-state index is 13.8. The molecular formula is C12H12BrFO3. The van der Waals surface area contributed by atoms with Gasteiger partial charge in [-0.15, -0.1) is 0 Å². The van der Waals surface area contributed by atoms with Crippen molar-refractivity contribution in [3.8, 4) is 0 Å². The molecule has 1 saturated heterocycles. The Kier molecular flexibility index (Phi) is 3.49. The SMILES string of the molecule is O=C(O)CCC1(c2cc(Br)ccc2F)COC1. The molecule has 92 valence electrons. The number of hydrogen-bond acceptors (Lipinski definition) is 2. The van der Waals surface area contributed by atoms with Gasteiger partial charge in [0.1, 0.15) is 5.82 Å². The minimum absolute atomic E-state index is 0.0231. The van der Waals surface area contributed by atoms with Crippen LogP contribution < -0.4 is 0 Å². The number of carbonyl (C=O) groups is 1. The minimum atomic E-state index is -0.869. The van der Waals surface area contributed by atoms with Gasteiger partial charge in [-0.3, -0.25) is 4.79 Å². The molecule has 0 radical (unpaired) electrons. The van der Waals surface area contributed by atoms with E-state index < -0.39 is 11.4 Å². The Balaban J connectivity index is 2.27. The zero-order valence-electron chi connectivity index (χ0n) is 9.08. The van der Waals surface area contributed by atoms with E-state index in [9.17, 15) is 9.18 Å². The summed E-state index contributed by atoms with van der Waals surface area (Å²) >= 11 is 3.30. The first-order valence-electron chi connectivity index (χ1n) is 5.29. The summed E-state index contributed by atoms with van der Waals surface area (Å²) in [5, 5.41) is 8.72. The monoisotopic (exact) mass is 302 g/mol. The van der Waals surface area contributed by atoms with E-state index in [-0.39, 0.29) is 12.2 Å². The van der Waals surface area contributed by atoms with Crippen LogP contribution in [0.3, 0.4) is 0 Å². The van der Waals surface area contributed by atoms with Gasteiger partial charge in [0.25, 0.3) is 0 Å². The zero-order chi connectivity index (χ0) is 12.5. The predicted octanol–water partition coefficient (Wildman–Crippen LogP) is 2.72. The van der Waals surface area contributed by atoms with Crippen LogP contribution in [0.4, 0.5) is 4.39 Å². The fraction of sp³-hybridized carbons (Fsp3) is 0.417. The van der Waals surface area contributed by atoms with Gasteiger partial charge in [-0.25, -0.2) is 4.39 Å². The number of hydrogen-bond donors (Lipinski definition) is 1. The van der Waals surface area contributed by atoms with E-state index in [4.69, 9.17) is 9.84 Å². The van der Waals surface area contributed by atoms with Gasteiger partial charge in [0.15, 0.2) is 0 Å². The molecular weight excluding hydrogens is 291 g/mol. The Morgan fingerprint density at radius 1 is 1.53 bits per heavy atom. The van der Waals surface area contributed by atoms with Crippen molar-refractivity contribution in [2.75, 3.05) is 13.2 Å². The van der Waals surface area contributed by atoms with E-state index in [0.717, 1.165) is 4.47 Å². The molecule has 1 N–H and O–H groups in total. The van der Waals surface area contributed by atoms with Crippen LogP contribution in [0.15, 0.2) is 22.7 Å². The molecule has 0 unspecified atom stereocenters. The summed E-state index contributed by atoms with van der Waals surface area (Å²) in [6, 6.07) is 4.73. The summed E-state index contributed by atoms with van der Waals surface area (Å²) < 4.78 is 19.7. The number of carboxylic acids is 1. The predicted molar refractivity (Wildman–Crippen MR) is 63.5 cm³/mol. The third-order valence-corrected chi connectivity index (χ3v) is 3.57. The lowest BCUT2D eigenvalue weighted by Crippen LogP contribution is -2.47. The minimum Gasteiger partial charge on any atom is -0.481 e. The molecule has 0 aromatic heterocycles. The average molecular weight is 303 g/mol. The third kappa shape index (κ3) is 2.50. The molecule has 1 aromatic rings. The molecule has 1 aromatic carbocycles. The standard InChI is InChI=1S/C12H12BrFO3/c13-8-1-2-10(14)9(5-8)12(6-17-7-12)4-3-11(15)16/h1-2,5H,3-4,6-7H2,(H,15,16). The maximum Gasteiger partial charge on any atom is 0.303 e. The lowest BCUT2D eigenvalue weighted by atomic mass is 9.75. The number of aliphatic carboxylic acids is 1. The van der Waals surface area contributed by atoms with Crippen molar-refractivity contribution < 1.29 is 19.0 Å². The fourth-order valence-electron chi connectivity index (χ4n) is 2.03. The zero-order valence-corrected chi connectivity index (χ0v) is 10.7. The van der Waals surface area contributed by atoms with Crippen LogP contribution in [0.2, 0.25) is 0 Å². The Hall–Kier alpha value is -0.940. The van der Waals surface area contributed by atoms with Gasteiger partial charge >= 0.3 is 5.97 Å². The van der Waals surface area contributed by atoms with E-state index in [0.29, 0.717) is 25.2 Å². The fourth-order valence-corrected chi connectivity index (χ4v) is 2.39. The maximum absolute atomic E-state index is 13.8. The molecule has 0 saturated carbocycles. The first kappa shape index (κ1) is 12.5. The van der Waals surface area contributed by atoms with E-state index in [1.54, 1.807) is 12.1 Å². The van der Waals surface area contributed by atoms with Gasteiger partial charge in [0.05, 0.1) is 13.2 Å². The molecule has 1 aliphatic rings. The molecule has 3 nitrogen and oxygen atoms in total. The smallest absolute Gasteiger partial charge is 0.303 e. The molecule has 1 fully saturated rings. The van der Waals surface area contributed by atoms with E-state index in [1.807, 2.05) is 0 Å². The second-order valence-electron chi connectivity index (χ2n) is 4.29. The molecule has 5 heteroatoms. The Morgan fingerprint density at radius 3 is 2.76 bits per heavy atom. The highest BCUT2D eigenvalue weighted by atomic mass is 79.9. The highest BCUT2D eigenvalue weighted by molar-refractivity contribution is 9.10. The highest BCUT2D eigenvalue weighted by Crippen LogP contribution is 2.39. The number of ether oxygens (including phenoxy) is 1. The van der Waals surface area contributed by atoms with Gasteiger partial charge in [-0.05, 0) is 30.2 Å². The van der Waals surface area contributed by atoms with E-state index in [2.05, 4.69) is 15.9 Å². The second-order valence-corrected chi connectivity index (χ2v) is 5.21. The number of halogens is 2. The molecule has 0 aliphatic carbocycles. The lowest BCUT2D eigenvalue weighted by Gasteiger charge is -2.42. The van der Waals surface area contributed by atoms with Crippen LogP contribution in [0.5, 0.6) is 0 Å². The van der Waals surface area contributed by atoms with E-state index >= 15 is 0 Å². The van der Waals surface area contributed by atoms with Crippen molar-refractivity contribution in [3.63, 3.8) is 0 Å². The summed E-state index contributed by atoms with van der Waals surface area (Å²) in [5.41, 5.74) is 0.0612. The molecule has 2 rings (SSSR count). The van der Waals surface area contributed by atoms with Crippen LogP contribution in [-0.4, -0.2) is 24.3 Å². The number of rotatable bonds is 4. The van der Waals surface area contributed by atoms with Crippen molar-refractivity contribution >= 4 is 21.9 Å². The van der Waals surface area contributed by atoms with Gasteiger partial charge in [-0.1, -0.05) is 15.9 Å². The molecule has 0 amide bonds. The Labute approximate surface area is 107 Å². The van der Waals surface area contributed by atoms with Crippen molar-refractivity contribution in [1.29, 1.82) is 0 Å². The number of benzene rings is 1. The summed E-state index contributed by atoms with van der Waals surface area (Å²) in [5.74, 6) is -1.17. The van der Waals surface area contributed by atoms with Gasteiger partial charge in [0.2, 0.25) is 0 Å². The first-order valence-corrected chi connectivity index (χ1v) is 6.08. The van der Waals surface area contributed by atoms with E-state index in [1.165, 1.54) is 6.07 Å². The van der Waals surface area contributed by atoms with Crippen molar-refractivity contribution in [2.24, 2.45) is 0 Å². The lowest BCUT2D eigenvalue weighted by molar-refractivity contribution is -0.139. The third-order valence-electron chi connectivity index (χ3n) is 3.07. The molecule has 1 aliphatic heterocycles. The topological polar surface area (TPSA) is 46.5 Å². The summed E-state index contributed by atoms with van der Waals surface area (Å²) in [4.78, 5) is 10.6. The second kappa shape index (κ2) is 4.74. The Bertz CT molecular complexity index is 443. The first-order chi connectivity index (χ1) is 8.03. The van der Waals surface area contributed by atoms with Gasteiger partial charge < -0.3 is 9.84 Å². The largest absolute Gasteiger partial charge is 0.481 e. The van der Waals surface area contributed by atoms with Crippen LogP contribution in [0, 0.1) is 5.82 Å². The molecule has 0 bridgehead atoms.